The predicted molar refractivity (Wildman–Crippen MR) is 89.8 cm³/mol. The van der Waals surface area contributed by atoms with Crippen molar-refractivity contribution in [2.75, 3.05) is 6.54 Å². The van der Waals surface area contributed by atoms with Gasteiger partial charge in [-0.2, -0.15) is 0 Å². The Kier molecular flexibility index (Phi) is 4.96. The molecular formula is C16H23N3OSi. The largest absolute Gasteiger partial charge is 0.544 e. The Morgan fingerprint density at radius 3 is 2.71 bits per heavy atom. The fourth-order valence-electron chi connectivity index (χ4n) is 1.97. The van der Waals surface area contributed by atoms with Gasteiger partial charge in [0.2, 0.25) is 8.32 Å². The second-order valence-corrected chi connectivity index (χ2v) is 10.4. The zero-order chi connectivity index (χ0) is 15.3. The van der Waals surface area contributed by atoms with Crippen molar-refractivity contribution in [2.24, 2.45) is 12.0 Å². The number of imidazole rings is 1. The van der Waals surface area contributed by atoms with Gasteiger partial charge in [-0.3, -0.25) is 4.99 Å². The maximum Gasteiger partial charge on any atom is 0.242 e. The van der Waals surface area contributed by atoms with E-state index in [9.17, 15) is 0 Å². The summed E-state index contributed by atoms with van der Waals surface area (Å²) in [6.07, 6.45) is 6.39. The number of rotatable bonds is 6. The highest BCUT2D eigenvalue weighted by Gasteiger charge is 2.17. The maximum absolute atomic E-state index is 6.13. The summed E-state index contributed by atoms with van der Waals surface area (Å²) in [6, 6.07) is 8.24. The fourth-order valence-corrected chi connectivity index (χ4v) is 2.83. The molecule has 0 saturated heterocycles. The summed E-state index contributed by atoms with van der Waals surface area (Å²) in [5.41, 5.74) is 1.22. The molecule has 2 aromatic rings. The van der Waals surface area contributed by atoms with Crippen molar-refractivity contribution < 1.29 is 4.43 Å². The lowest BCUT2D eigenvalue weighted by Gasteiger charge is -2.21. The molecule has 0 aliphatic heterocycles. The van der Waals surface area contributed by atoms with Crippen LogP contribution in [0.2, 0.25) is 19.6 Å². The zero-order valence-corrected chi connectivity index (χ0v) is 14.2. The lowest BCUT2D eigenvalue weighted by Crippen LogP contribution is -2.29. The van der Waals surface area contributed by atoms with Crippen LogP contribution >= 0.6 is 0 Å². The normalized spacial score (nSPS) is 12.0. The van der Waals surface area contributed by atoms with E-state index in [4.69, 9.17) is 4.43 Å². The highest BCUT2D eigenvalue weighted by atomic mass is 28.4. The van der Waals surface area contributed by atoms with Crippen molar-refractivity contribution in [1.29, 1.82) is 0 Å². The Balaban J connectivity index is 1.97. The van der Waals surface area contributed by atoms with Crippen LogP contribution in [0, 0.1) is 0 Å². The second kappa shape index (κ2) is 6.71. The third-order valence-corrected chi connectivity index (χ3v) is 3.80. The number of aryl methyl sites for hydroxylation is 1. The molecule has 0 atom stereocenters. The van der Waals surface area contributed by atoms with Crippen molar-refractivity contribution in [3.8, 4) is 5.75 Å². The SMILES string of the molecule is Cn1ccnc1C=NCCc1ccccc1O[Si](C)(C)C. The van der Waals surface area contributed by atoms with E-state index in [0.717, 1.165) is 24.5 Å². The first-order valence-corrected chi connectivity index (χ1v) is 10.6. The van der Waals surface area contributed by atoms with Gasteiger partial charge in [0.1, 0.15) is 11.6 Å². The number of hydrogen-bond acceptors (Lipinski definition) is 3. The average Bonchev–Trinajstić information content (AvgIpc) is 2.80. The van der Waals surface area contributed by atoms with E-state index in [1.165, 1.54) is 5.56 Å². The number of aliphatic imine (C=N–C) groups is 1. The smallest absolute Gasteiger partial charge is 0.242 e. The summed E-state index contributed by atoms with van der Waals surface area (Å²) < 4.78 is 8.08. The molecule has 1 aromatic heterocycles. The Morgan fingerprint density at radius 2 is 2.05 bits per heavy atom. The van der Waals surface area contributed by atoms with Crippen LogP contribution < -0.4 is 4.43 Å². The van der Waals surface area contributed by atoms with Gasteiger partial charge in [-0.05, 0) is 37.7 Å². The minimum absolute atomic E-state index is 0.735. The Morgan fingerprint density at radius 1 is 1.29 bits per heavy atom. The van der Waals surface area contributed by atoms with Gasteiger partial charge < -0.3 is 8.99 Å². The van der Waals surface area contributed by atoms with E-state index < -0.39 is 8.32 Å². The quantitative estimate of drug-likeness (QED) is 0.606. The molecule has 0 spiro atoms. The van der Waals surface area contributed by atoms with E-state index in [1.807, 2.05) is 30.1 Å². The number of para-hydroxylation sites is 1. The summed E-state index contributed by atoms with van der Waals surface area (Å²) in [5.74, 6) is 1.88. The Labute approximate surface area is 127 Å². The van der Waals surface area contributed by atoms with E-state index in [1.54, 1.807) is 6.20 Å². The van der Waals surface area contributed by atoms with E-state index in [2.05, 4.69) is 47.8 Å². The van der Waals surface area contributed by atoms with Gasteiger partial charge in [0.05, 0.1) is 6.21 Å². The molecule has 0 bridgehead atoms. The van der Waals surface area contributed by atoms with Crippen LogP contribution in [0.1, 0.15) is 11.4 Å². The van der Waals surface area contributed by atoms with Gasteiger partial charge in [0, 0.05) is 26.0 Å². The van der Waals surface area contributed by atoms with Gasteiger partial charge in [-0.1, -0.05) is 18.2 Å². The molecule has 2 rings (SSSR count). The lowest BCUT2D eigenvalue weighted by molar-refractivity contribution is 0.549. The van der Waals surface area contributed by atoms with Crippen molar-refractivity contribution in [3.63, 3.8) is 0 Å². The molecule has 0 amide bonds. The van der Waals surface area contributed by atoms with Gasteiger partial charge >= 0.3 is 0 Å². The summed E-state index contributed by atoms with van der Waals surface area (Å²) >= 11 is 0. The first-order valence-electron chi connectivity index (χ1n) is 7.20. The molecule has 0 radical (unpaired) electrons. The van der Waals surface area contributed by atoms with Gasteiger partial charge in [0.25, 0.3) is 0 Å². The molecule has 21 heavy (non-hydrogen) atoms. The summed E-state index contributed by atoms with van der Waals surface area (Å²) in [6.45, 7) is 7.33. The number of nitrogens with zero attached hydrogens (tertiary/aromatic N) is 3. The van der Waals surface area contributed by atoms with Gasteiger partial charge in [0.15, 0.2) is 0 Å². The number of benzene rings is 1. The minimum atomic E-state index is -1.58. The first kappa shape index (κ1) is 15.5. The van der Waals surface area contributed by atoms with Crippen molar-refractivity contribution in [3.05, 3.63) is 48.0 Å². The third-order valence-electron chi connectivity index (χ3n) is 2.96. The molecule has 0 aliphatic carbocycles. The molecule has 1 aromatic carbocycles. The molecule has 0 saturated carbocycles. The molecule has 4 nitrogen and oxygen atoms in total. The minimum Gasteiger partial charge on any atom is -0.544 e. The molecule has 0 aliphatic rings. The zero-order valence-electron chi connectivity index (χ0n) is 13.2. The molecule has 0 unspecified atom stereocenters. The van der Waals surface area contributed by atoms with Crippen molar-refractivity contribution in [1.82, 2.24) is 9.55 Å². The fraction of sp³-hybridized carbons (Fsp3) is 0.375. The van der Waals surface area contributed by atoms with Gasteiger partial charge in [-0.25, -0.2) is 4.98 Å². The standard InChI is InChI=1S/C16H23N3OSi/c1-19-12-11-18-16(19)13-17-10-9-14-7-5-6-8-15(14)20-21(2,3)4/h5-8,11-13H,9-10H2,1-4H3. The van der Waals surface area contributed by atoms with Crippen LogP contribution in [-0.4, -0.2) is 30.6 Å². The van der Waals surface area contributed by atoms with Crippen LogP contribution in [0.3, 0.4) is 0 Å². The summed E-state index contributed by atoms with van der Waals surface area (Å²) in [7, 11) is 0.384. The van der Waals surface area contributed by atoms with E-state index in [-0.39, 0.29) is 0 Å². The van der Waals surface area contributed by atoms with Crippen molar-refractivity contribution >= 4 is 14.5 Å². The van der Waals surface area contributed by atoms with E-state index >= 15 is 0 Å². The van der Waals surface area contributed by atoms with Crippen LogP contribution in [0.4, 0.5) is 0 Å². The topological polar surface area (TPSA) is 39.4 Å². The van der Waals surface area contributed by atoms with Crippen LogP contribution in [-0.2, 0) is 13.5 Å². The van der Waals surface area contributed by atoms with Crippen LogP contribution in [0.25, 0.3) is 0 Å². The molecule has 0 N–H and O–H groups in total. The molecule has 5 heteroatoms. The second-order valence-electron chi connectivity index (χ2n) is 6.00. The third kappa shape index (κ3) is 4.86. The molecule has 0 fully saturated rings. The molecule has 1 heterocycles. The van der Waals surface area contributed by atoms with E-state index in [0.29, 0.717) is 0 Å². The summed E-state index contributed by atoms with van der Waals surface area (Å²) in [4.78, 5) is 8.68. The average molecular weight is 301 g/mol. The Hall–Kier alpha value is -1.88. The Bertz CT molecular complexity index is 614. The van der Waals surface area contributed by atoms with Crippen LogP contribution in [0.15, 0.2) is 41.7 Å². The maximum atomic E-state index is 6.13. The number of hydrogen-bond donors (Lipinski definition) is 0. The van der Waals surface area contributed by atoms with Gasteiger partial charge in [-0.15, -0.1) is 0 Å². The highest BCUT2D eigenvalue weighted by molar-refractivity contribution is 6.70. The summed E-state index contributed by atoms with van der Waals surface area (Å²) in [5, 5.41) is 0. The monoisotopic (exact) mass is 301 g/mol. The van der Waals surface area contributed by atoms with Crippen molar-refractivity contribution in [2.45, 2.75) is 26.1 Å². The molecular weight excluding hydrogens is 278 g/mol. The lowest BCUT2D eigenvalue weighted by atomic mass is 10.1. The number of aromatic nitrogens is 2. The predicted octanol–water partition coefficient (Wildman–Crippen LogP) is 3.30. The molecule has 112 valence electrons. The first-order chi connectivity index (χ1) is 9.96. The van der Waals surface area contributed by atoms with Crippen LogP contribution in [0.5, 0.6) is 5.75 Å². The highest BCUT2D eigenvalue weighted by Crippen LogP contribution is 2.22.